The van der Waals surface area contributed by atoms with Crippen LogP contribution in [0.3, 0.4) is 0 Å². The molecule has 4 aliphatic carbocycles. The Morgan fingerprint density at radius 3 is 2.26 bits per heavy atom. The molecule has 4 fully saturated rings. The van der Waals surface area contributed by atoms with Crippen LogP contribution in [-0.4, -0.2) is 14.8 Å². The molecule has 0 spiro atoms. The maximum absolute atomic E-state index is 12.5. The molecule has 7 rings (SSSR count). The first kappa shape index (κ1) is 16.1. The minimum atomic E-state index is -2.02. The van der Waals surface area contributed by atoms with Crippen LogP contribution in [0.2, 0.25) is 0 Å². The third-order valence-corrected chi connectivity index (χ3v) is 8.02. The SMILES string of the molecule is O=S(O)N(c1ccc2oc3ccccc3c2c1)C1C2CC3CC(C2)CC1C3. The zero-order chi connectivity index (χ0) is 18.1. The van der Waals surface area contributed by atoms with E-state index in [0.717, 1.165) is 39.5 Å². The Bertz CT molecular complexity index is 1030. The fourth-order valence-corrected chi connectivity index (χ4v) is 7.34. The summed E-state index contributed by atoms with van der Waals surface area (Å²) in [5, 5.41) is 2.07. The topological polar surface area (TPSA) is 53.7 Å². The van der Waals surface area contributed by atoms with Crippen LogP contribution in [-0.2, 0) is 11.3 Å². The summed E-state index contributed by atoms with van der Waals surface area (Å²) in [6.07, 6.45) is 6.28. The maximum Gasteiger partial charge on any atom is 0.262 e. The number of benzene rings is 2. The van der Waals surface area contributed by atoms with Crippen LogP contribution >= 0.6 is 0 Å². The van der Waals surface area contributed by atoms with E-state index in [1.165, 1.54) is 32.1 Å². The van der Waals surface area contributed by atoms with Crippen molar-refractivity contribution in [3.63, 3.8) is 0 Å². The highest BCUT2D eigenvalue weighted by Crippen LogP contribution is 2.55. The molecule has 0 radical (unpaired) electrons. The van der Waals surface area contributed by atoms with Crippen molar-refractivity contribution >= 4 is 38.9 Å². The summed E-state index contributed by atoms with van der Waals surface area (Å²) in [6.45, 7) is 0. The van der Waals surface area contributed by atoms with Gasteiger partial charge in [-0.25, -0.2) is 4.21 Å². The van der Waals surface area contributed by atoms with Crippen molar-refractivity contribution in [2.45, 2.75) is 38.1 Å². The molecule has 4 saturated carbocycles. The van der Waals surface area contributed by atoms with Gasteiger partial charge in [0.15, 0.2) is 0 Å². The monoisotopic (exact) mass is 381 g/mol. The van der Waals surface area contributed by atoms with E-state index in [9.17, 15) is 8.76 Å². The number of nitrogens with zero attached hydrogens (tertiary/aromatic N) is 1. The average Bonchev–Trinajstić information content (AvgIpc) is 3.01. The van der Waals surface area contributed by atoms with Crippen molar-refractivity contribution < 1.29 is 13.2 Å². The summed E-state index contributed by atoms with van der Waals surface area (Å²) < 4.78 is 30.5. The fraction of sp³-hybridized carbons (Fsp3) is 0.455. The Kier molecular flexibility index (Phi) is 3.48. The number of anilines is 1. The van der Waals surface area contributed by atoms with Crippen LogP contribution in [0.1, 0.15) is 32.1 Å². The normalized spacial score (nSPS) is 33.0. The van der Waals surface area contributed by atoms with Gasteiger partial charge in [-0.15, -0.1) is 0 Å². The molecule has 27 heavy (non-hydrogen) atoms. The van der Waals surface area contributed by atoms with E-state index >= 15 is 0 Å². The molecule has 140 valence electrons. The Morgan fingerprint density at radius 2 is 1.56 bits per heavy atom. The lowest BCUT2D eigenvalue weighted by Crippen LogP contribution is -2.56. The molecule has 4 aliphatic rings. The van der Waals surface area contributed by atoms with E-state index in [4.69, 9.17) is 4.42 Å². The van der Waals surface area contributed by atoms with Crippen LogP contribution < -0.4 is 4.31 Å². The molecule has 1 heterocycles. The van der Waals surface area contributed by atoms with Crippen molar-refractivity contribution in [3.05, 3.63) is 42.5 Å². The number of furan rings is 1. The molecule has 3 aromatic rings. The summed E-state index contributed by atoms with van der Waals surface area (Å²) in [5.41, 5.74) is 2.53. The Labute approximate surface area is 160 Å². The molecule has 1 atom stereocenters. The molecular weight excluding hydrogens is 358 g/mol. The maximum atomic E-state index is 12.5. The molecule has 0 aliphatic heterocycles. The summed E-state index contributed by atoms with van der Waals surface area (Å²) in [5.74, 6) is 2.79. The molecule has 4 bridgehead atoms. The Hall–Kier alpha value is -1.85. The summed E-state index contributed by atoms with van der Waals surface area (Å²) >= 11 is -2.02. The van der Waals surface area contributed by atoms with Crippen LogP contribution in [0.15, 0.2) is 46.9 Å². The van der Waals surface area contributed by atoms with Gasteiger partial charge in [-0.3, -0.25) is 8.86 Å². The average molecular weight is 381 g/mol. The minimum absolute atomic E-state index is 0.180. The van der Waals surface area contributed by atoms with E-state index in [-0.39, 0.29) is 6.04 Å². The number of fused-ring (bicyclic) bond motifs is 3. The molecule has 1 aromatic heterocycles. The van der Waals surface area contributed by atoms with Crippen molar-refractivity contribution in [1.82, 2.24) is 0 Å². The second-order valence-electron chi connectivity index (χ2n) is 8.76. The Balaban J connectivity index is 1.46. The van der Waals surface area contributed by atoms with Crippen molar-refractivity contribution in [2.24, 2.45) is 23.7 Å². The van der Waals surface area contributed by atoms with Crippen LogP contribution in [0.5, 0.6) is 0 Å². The molecule has 5 heteroatoms. The lowest BCUT2D eigenvalue weighted by molar-refractivity contribution is 0.00220. The van der Waals surface area contributed by atoms with Crippen molar-refractivity contribution in [2.75, 3.05) is 4.31 Å². The van der Waals surface area contributed by atoms with Crippen LogP contribution in [0.4, 0.5) is 5.69 Å². The highest BCUT2D eigenvalue weighted by molar-refractivity contribution is 7.80. The van der Waals surface area contributed by atoms with Crippen molar-refractivity contribution in [3.8, 4) is 0 Å². The van der Waals surface area contributed by atoms with E-state index < -0.39 is 11.3 Å². The largest absolute Gasteiger partial charge is 0.456 e. The van der Waals surface area contributed by atoms with E-state index in [1.807, 2.05) is 42.5 Å². The van der Waals surface area contributed by atoms with Crippen LogP contribution in [0, 0.1) is 23.7 Å². The second-order valence-corrected chi connectivity index (χ2v) is 9.61. The van der Waals surface area contributed by atoms with Gasteiger partial charge in [-0.05, 0) is 80.0 Å². The van der Waals surface area contributed by atoms with E-state index in [2.05, 4.69) is 0 Å². The smallest absolute Gasteiger partial charge is 0.262 e. The van der Waals surface area contributed by atoms with Gasteiger partial charge in [0.1, 0.15) is 11.2 Å². The van der Waals surface area contributed by atoms with Crippen LogP contribution in [0.25, 0.3) is 21.9 Å². The number of rotatable bonds is 3. The molecule has 1 unspecified atom stereocenters. The molecule has 4 nitrogen and oxygen atoms in total. The van der Waals surface area contributed by atoms with Gasteiger partial charge in [0.25, 0.3) is 11.3 Å². The summed E-state index contributed by atoms with van der Waals surface area (Å²) in [4.78, 5) is 0. The molecule has 0 amide bonds. The third-order valence-electron chi connectivity index (χ3n) is 7.23. The predicted molar refractivity (Wildman–Crippen MR) is 108 cm³/mol. The highest BCUT2D eigenvalue weighted by Gasteiger charge is 2.51. The Morgan fingerprint density at radius 1 is 0.889 bits per heavy atom. The van der Waals surface area contributed by atoms with Gasteiger partial charge in [0.2, 0.25) is 0 Å². The zero-order valence-electron chi connectivity index (χ0n) is 15.1. The van der Waals surface area contributed by atoms with E-state index in [1.54, 1.807) is 4.31 Å². The summed E-state index contributed by atoms with van der Waals surface area (Å²) in [7, 11) is 0. The van der Waals surface area contributed by atoms with Gasteiger partial charge >= 0.3 is 0 Å². The molecule has 0 saturated heterocycles. The zero-order valence-corrected chi connectivity index (χ0v) is 15.9. The molecular formula is C22H23NO3S. The number of hydrogen-bond donors (Lipinski definition) is 1. The van der Waals surface area contributed by atoms with Gasteiger partial charge in [0.05, 0.1) is 11.7 Å². The lowest BCUT2D eigenvalue weighted by atomic mass is 9.54. The first-order chi connectivity index (χ1) is 13.2. The molecule has 1 N–H and O–H groups in total. The van der Waals surface area contributed by atoms with Gasteiger partial charge in [-0.1, -0.05) is 18.2 Å². The standard InChI is InChI=1S/C22H23NO3S/c24-27(25)23(22-15-8-13-7-14(10-15)11-16(22)9-13)17-5-6-21-19(12-17)18-3-1-2-4-20(18)26-21/h1-6,12-16,22H,7-11H2,(H,24,25). The summed E-state index contributed by atoms with van der Waals surface area (Å²) in [6, 6.07) is 14.1. The molecule has 2 aromatic carbocycles. The number of hydrogen-bond acceptors (Lipinski definition) is 2. The van der Waals surface area contributed by atoms with Gasteiger partial charge < -0.3 is 4.42 Å². The lowest BCUT2D eigenvalue weighted by Gasteiger charge is -2.56. The minimum Gasteiger partial charge on any atom is -0.456 e. The number of para-hydroxylation sites is 1. The van der Waals surface area contributed by atoms with E-state index in [0.29, 0.717) is 11.8 Å². The van der Waals surface area contributed by atoms with Gasteiger partial charge in [0, 0.05) is 10.8 Å². The second kappa shape index (κ2) is 5.82. The first-order valence-corrected chi connectivity index (χ1v) is 11.1. The highest BCUT2D eigenvalue weighted by atomic mass is 32.2. The fourth-order valence-electron chi connectivity index (χ4n) is 6.50. The van der Waals surface area contributed by atoms with Crippen molar-refractivity contribution in [1.29, 1.82) is 0 Å². The third kappa shape index (κ3) is 2.41. The first-order valence-electron chi connectivity index (χ1n) is 9.99. The predicted octanol–water partition coefficient (Wildman–Crippen LogP) is 5.35. The van der Waals surface area contributed by atoms with Gasteiger partial charge in [-0.2, -0.15) is 0 Å². The quantitative estimate of drug-likeness (QED) is 0.622.